The highest BCUT2D eigenvalue weighted by Gasteiger charge is 2.55. The summed E-state index contributed by atoms with van der Waals surface area (Å²) in [6.45, 7) is 0.823. The Morgan fingerprint density at radius 3 is 2.91 bits per heavy atom. The lowest BCUT2D eigenvalue weighted by Crippen LogP contribution is -2.39. The van der Waals surface area contributed by atoms with Crippen LogP contribution in [0, 0.1) is 0 Å². The Balaban J connectivity index is 1.85. The van der Waals surface area contributed by atoms with Crippen LogP contribution in [-0.4, -0.2) is 19.6 Å². The van der Waals surface area contributed by atoms with Gasteiger partial charge in [-0.15, -0.1) is 0 Å². The lowest BCUT2D eigenvalue weighted by molar-refractivity contribution is -0.121. The van der Waals surface area contributed by atoms with Gasteiger partial charge < -0.3 is 15.4 Å². The fourth-order valence-corrected chi connectivity index (χ4v) is 3.83. The number of nitrogens with one attached hydrogen (secondary N) is 2. The third kappa shape index (κ3) is 1.70. The Labute approximate surface area is 129 Å². The summed E-state index contributed by atoms with van der Waals surface area (Å²) in [7, 11) is 1.66. The summed E-state index contributed by atoms with van der Waals surface area (Å²) in [5.74, 6) is 0.902. The number of para-hydroxylation sites is 1. The van der Waals surface area contributed by atoms with E-state index < -0.39 is 5.41 Å². The van der Waals surface area contributed by atoms with Crippen LogP contribution in [-0.2, 0) is 10.2 Å². The van der Waals surface area contributed by atoms with Gasteiger partial charge in [0.2, 0.25) is 5.91 Å². The molecule has 0 bridgehead atoms. The van der Waals surface area contributed by atoms with E-state index in [0.717, 1.165) is 35.5 Å². The van der Waals surface area contributed by atoms with Gasteiger partial charge >= 0.3 is 0 Å². The van der Waals surface area contributed by atoms with Crippen LogP contribution in [0.15, 0.2) is 48.5 Å². The van der Waals surface area contributed by atoms with Crippen molar-refractivity contribution < 1.29 is 9.53 Å². The molecule has 2 N–H and O–H groups in total. The number of carbonyl (C=O) groups excluding carboxylic acids is 1. The summed E-state index contributed by atoms with van der Waals surface area (Å²) in [6, 6.07) is 15.9. The molecule has 0 aromatic heterocycles. The fourth-order valence-electron chi connectivity index (χ4n) is 3.83. The lowest BCUT2D eigenvalue weighted by Gasteiger charge is -2.29. The van der Waals surface area contributed by atoms with Crippen LogP contribution in [0.5, 0.6) is 5.75 Å². The Morgan fingerprint density at radius 2 is 2.05 bits per heavy atom. The van der Waals surface area contributed by atoms with Gasteiger partial charge in [0.15, 0.2) is 0 Å². The summed E-state index contributed by atoms with van der Waals surface area (Å²) in [4.78, 5) is 12.8. The van der Waals surface area contributed by atoms with E-state index in [9.17, 15) is 4.79 Å². The van der Waals surface area contributed by atoms with Crippen LogP contribution in [0.25, 0.3) is 0 Å². The van der Waals surface area contributed by atoms with E-state index in [0.29, 0.717) is 0 Å². The van der Waals surface area contributed by atoms with Gasteiger partial charge in [0.05, 0.1) is 18.6 Å². The average molecular weight is 294 g/mol. The first kappa shape index (κ1) is 13.3. The second-order valence-corrected chi connectivity index (χ2v) is 5.88. The molecular formula is C18H18N2O2. The number of fused-ring (bicyclic) bond motifs is 2. The Morgan fingerprint density at radius 1 is 1.18 bits per heavy atom. The highest BCUT2D eigenvalue weighted by molar-refractivity contribution is 6.07. The average Bonchev–Trinajstić information content (AvgIpc) is 3.12. The van der Waals surface area contributed by atoms with Gasteiger partial charge in [-0.25, -0.2) is 0 Å². The number of methoxy groups -OCH3 is 1. The van der Waals surface area contributed by atoms with E-state index >= 15 is 0 Å². The molecule has 2 aliphatic rings. The van der Waals surface area contributed by atoms with E-state index in [4.69, 9.17) is 4.74 Å². The molecule has 0 saturated carbocycles. The zero-order chi connectivity index (χ0) is 15.2. The van der Waals surface area contributed by atoms with E-state index in [1.165, 1.54) is 0 Å². The standard InChI is InChI=1S/C18H18N2O2/c1-22-13-6-4-5-12(11-13)16-18(9-10-19-16)14-7-2-3-8-15(14)20-17(18)21/h2-8,11,16,19H,9-10H2,1H3,(H,20,21)/t16-,18+/m0/s1. The van der Waals surface area contributed by atoms with Crippen molar-refractivity contribution in [3.05, 3.63) is 59.7 Å². The molecule has 0 aliphatic carbocycles. The number of anilines is 1. The molecule has 4 nitrogen and oxygen atoms in total. The van der Waals surface area contributed by atoms with Crippen LogP contribution in [0.1, 0.15) is 23.6 Å². The van der Waals surface area contributed by atoms with E-state index in [1.807, 2.05) is 36.4 Å². The molecule has 2 heterocycles. The van der Waals surface area contributed by atoms with Gasteiger partial charge in [-0.1, -0.05) is 30.3 Å². The predicted molar refractivity (Wildman–Crippen MR) is 85.1 cm³/mol. The van der Waals surface area contributed by atoms with Crippen molar-refractivity contribution in [1.29, 1.82) is 0 Å². The zero-order valence-electron chi connectivity index (χ0n) is 12.4. The zero-order valence-corrected chi connectivity index (χ0v) is 12.4. The van der Waals surface area contributed by atoms with Gasteiger partial charge in [-0.2, -0.15) is 0 Å². The summed E-state index contributed by atoms with van der Waals surface area (Å²) >= 11 is 0. The number of amides is 1. The van der Waals surface area contributed by atoms with Gasteiger partial charge in [0.25, 0.3) is 0 Å². The molecule has 1 spiro atoms. The Kier molecular flexibility index (Phi) is 2.94. The monoisotopic (exact) mass is 294 g/mol. The molecule has 0 unspecified atom stereocenters. The van der Waals surface area contributed by atoms with E-state index in [1.54, 1.807) is 7.11 Å². The van der Waals surface area contributed by atoms with Crippen LogP contribution in [0.3, 0.4) is 0 Å². The predicted octanol–water partition coefficient (Wildman–Crippen LogP) is 2.62. The van der Waals surface area contributed by atoms with Crippen molar-refractivity contribution in [3.63, 3.8) is 0 Å². The van der Waals surface area contributed by atoms with Crippen molar-refractivity contribution >= 4 is 11.6 Å². The molecule has 112 valence electrons. The Hall–Kier alpha value is -2.33. The first-order valence-corrected chi connectivity index (χ1v) is 7.54. The normalized spacial score (nSPS) is 26.0. The Bertz CT molecular complexity index is 743. The first-order valence-electron chi connectivity index (χ1n) is 7.54. The molecule has 2 aromatic carbocycles. The minimum atomic E-state index is -0.525. The second-order valence-electron chi connectivity index (χ2n) is 5.88. The number of rotatable bonds is 2. The molecule has 2 aliphatic heterocycles. The number of hydrogen-bond donors (Lipinski definition) is 2. The van der Waals surface area contributed by atoms with Crippen molar-refractivity contribution in [1.82, 2.24) is 5.32 Å². The minimum absolute atomic E-state index is 0.0359. The lowest BCUT2D eigenvalue weighted by atomic mass is 9.73. The molecule has 1 fully saturated rings. The molecule has 4 rings (SSSR count). The van der Waals surface area contributed by atoms with Crippen molar-refractivity contribution in [2.24, 2.45) is 0 Å². The molecule has 2 atom stereocenters. The molecule has 1 saturated heterocycles. The van der Waals surface area contributed by atoms with Gasteiger partial charge in [0.1, 0.15) is 5.75 Å². The largest absolute Gasteiger partial charge is 0.497 e. The van der Waals surface area contributed by atoms with Gasteiger partial charge in [0, 0.05) is 5.69 Å². The summed E-state index contributed by atoms with van der Waals surface area (Å²) < 4.78 is 5.33. The fraction of sp³-hybridized carbons (Fsp3) is 0.278. The summed E-state index contributed by atoms with van der Waals surface area (Å²) in [6.07, 6.45) is 0.803. The molecular weight excluding hydrogens is 276 g/mol. The quantitative estimate of drug-likeness (QED) is 0.895. The van der Waals surface area contributed by atoms with Gasteiger partial charge in [-0.3, -0.25) is 4.79 Å². The smallest absolute Gasteiger partial charge is 0.237 e. The number of hydrogen-bond acceptors (Lipinski definition) is 3. The summed E-state index contributed by atoms with van der Waals surface area (Å²) in [5.41, 5.74) is 2.59. The van der Waals surface area contributed by atoms with E-state index in [2.05, 4.69) is 22.8 Å². The van der Waals surface area contributed by atoms with Crippen LogP contribution in [0.2, 0.25) is 0 Å². The molecule has 22 heavy (non-hydrogen) atoms. The molecule has 4 heteroatoms. The molecule has 2 aromatic rings. The van der Waals surface area contributed by atoms with Crippen LogP contribution in [0.4, 0.5) is 5.69 Å². The van der Waals surface area contributed by atoms with Crippen LogP contribution >= 0.6 is 0 Å². The topological polar surface area (TPSA) is 50.4 Å². The maximum Gasteiger partial charge on any atom is 0.237 e. The van der Waals surface area contributed by atoms with Crippen molar-refractivity contribution in [2.45, 2.75) is 17.9 Å². The SMILES string of the molecule is COc1cccc([C@@H]2NCC[C@]23C(=O)Nc2ccccc23)c1. The van der Waals surface area contributed by atoms with Crippen molar-refractivity contribution in [3.8, 4) is 5.75 Å². The number of ether oxygens (including phenoxy) is 1. The maximum atomic E-state index is 12.8. The molecule has 1 amide bonds. The van der Waals surface area contributed by atoms with Crippen LogP contribution < -0.4 is 15.4 Å². The van der Waals surface area contributed by atoms with E-state index in [-0.39, 0.29) is 11.9 Å². The third-order valence-corrected chi connectivity index (χ3v) is 4.85. The number of benzene rings is 2. The second kappa shape index (κ2) is 4.85. The highest BCUT2D eigenvalue weighted by Crippen LogP contribution is 2.51. The highest BCUT2D eigenvalue weighted by atomic mass is 16.5. The van der Waals surface area contributed by atoms with Crippen molar-refractivity contribution in [2.75, 3.05) is 19.0 Å². The number of carbonyl (C=O) groups is 1. The van der Waals surface area contributed by atoms with Gasteiger partial charge in [-0.05, 0) is 42.3 Å². The maximum absolute atomic E-state index is 12.8. The third-order valence-electron chi connectivity index (χ3n) is 4.85. The first-order chi connectivity index (χ1) is 10.8. The minimum Gasteiger partial charge on any atom is -0.497 e. The molecule has 0 radical (unpaired) electrons. The summed E-state index contributed by atoms with van der Waals surface area (Å²) in [5, 5.41) is 6.56.